The fraction of sp³-hybridized carbons (Fsp3) is 0.440. The second-order valence-electron chi connectivity index (χ2n) is 8.86. The van der Waals surface area contributed by atoms with Crippen LogP contribution in [-0.4, -0.2) is 56.9 Å². The van der Waals surface area contributed by atoms with Gasteiger partial charge in [0, 0.05) is 37.3 Å². The summed E-state index contributed by atoms with van der Waals surface area (Å²) in [7, 11) is 1.54. The maximum atomic E-state index is 13.6. The molecule has 0 bridgehead atoms. The largest absolute Gasteiger partial charge is 0.573 e. The number of nitrogens with zero attached hydrogens (tertiary/aromatic N) is 1. The molecule has 0 saturated carbocycles. The molecular weight excluding hydrogens is 544 g/mol. The van der Waals surface area contributed by atoms with Gasteiger partial charge in [0.05, 0.1) is 6.61 Å². The Balaban J connectivity index is 1.46. The van der Waals surface area contributed by atoms with Gasteiger partial charge in [0.25, 0.3) is 0 Å². The molecule has 0 aromatic heterocycles. The smallest absolute Gasteiger partial charge is 0.494 e. The number of hydrogen-bond acceptors (Lipinski definition) is 7. The molecule has 1 saturated heterocycles. The van der Waals surface area contributed by atoms with Crippen LogP contribution in [0, 0.1) is 0 Å². The molecule has 208 valence electrons. The highest BCUT2D eigenvalue weighted by molar-refractivity contribution is 8.58. The molecule has 38 heavy (non-hydrogen) atoms. The van der Waals surface area contributed by atoms with Crippen LogP contribution in [-0.2, 0) is 18.9 Å². The van der Waals surface area contributed by atoms with Crippen molar-refractivity contribution in [3.8, 4) is 11.5 Å². The summed E-state index contributed by atoms with van der Waals surface area (Å²) in [5.41, 5.74) is 6.10. The Kier molecular flexibility index (Phi) is 9.78. The molecular formula is C25H30F3N2O6PS. The van der Waals surface area contributed by atoms with Gasteiger partial charge < -0.3 is 29.4 Å². The first-order valence-corrected chi connectivity index (χ1v) is 15.4. The summed E-state index contributed by atoms with van der Waals surface area (Å²) in [6.07, 6.45) is -6.59. The van der Waals surface area contributed by atoms with Gasteiger partial charge in [-0.2, -0.15) is 0 Å². The summed E-state index contributed by atoms with van der Waals surface area (Å²) in [5.74, 6) is -0.582. The molecule has 2 aromatic carbocycles. The summed E-state index contributed by atoms with van der Waals surface area (Å²) in [6.45, 7) is 2.55. The number of benzene rings is 2. The van der Waals surface area contributed by atoms with Crippen LogP contribution in [0.15, 0.2) is 53.4 Å². The molecule has 0 spiro atoms. The van der Waals surface area contributed by atoms with E-state index in [-0.39, 0.29) is 24.7 Å². The Bertz CT molecular complexity index is 1160. The predicted octanol–water partition coefficient (Wildman–Crippen LogP) is 5.44. The highest BCUT2D eigenvalue weighted by Crippen LogP contribution is 2.70. The summed E-state index contributed by atoms with van der Waals surface area (Å²) >= 11 is 1.15. The number of halogens is 3. The Morgan fingerprint density at radius 1 is 1.08 bits per heavy atom. The van der Waals surface area contributed by atoms with Crippen LogP contribution >= 0.6 is 17.7 Å². The topological polar surface area (TPSA) is 108 Å². The van der Waals surface area contributed by atoms with E-state index in [2.05, 4.69) is 4.74 Å². The fourth-order valence-electron chi connectivity index (χ4n) is 4.04. The molecule has 1 fully saturated rings. The minimum absolute atomic E-state index is 0.170. The standard InChI is InChI=1S/C25H30F3N2O6PS/c1-30(18-5-7-20(8-6-18)36-25(26,27)28)22(31)4-3-15-35-19-9-11-21(12-10-19)38-37(2,33)24(23(29)32)13-16-34-17-14-24/h5-12H,3-4,13-17H2,1-2H3,(H2,29,32). The van der Waals surface area contributed by atoms with Crippen molar-refractivity contribution in [1.82, 2.24) is 0 Å². The lowest BCUT2D eigenvalue weighted by Crippen LogP contribution is -2.47. The monoisotopic (exact) mass is 574 g/mol. The van der Waals surface area contributed by atoms with Crippen molar-refractivity contribution in [1.29, 1.82) is 0 Å². The van der Waals surface area contributed by atoms with E-state index in [9.17, 15) is 27.3 Å². The first-order chi connectivity index (χ1) is 17.8. The van der Waals surface area contributed by atoms with E-state index in [1.54, 1.807) is 30.9 Å². The van der Waals surface area contributed by atoms with Crippen molar-refractivity contribution >= 4 is 35.2 Å². The minimum Gasteiger partial charge on any atom is -0.494 e. The Hall–Kier alpha value is -2.69. The highest BCUT2D eigenvalue weighted by atomic mass is 32.7. The van der Waals surface area contributed by atoms with Gasteiger partial charge in [-0.25, -0.2) is 0 Å². The average Bonchev–Trinajstić information content (AvgIpc) is 2.86. The highest BCUT2D eigenvalue weighted by Gasteiger charge is 2.51. The van der Waals surface area contributed by atoms with Gasteiger partial charge in [-0.1, -0.05) is 11.4 Å². The zero-order chi connectivity index (χ0) is 28.0. The summed E-state index contributed by atoms with van der Waals surface area (Å²) in [5, 5.41) is -1.09. The first-order valence-electron chi connectivity index (χ1n) is 11.8. The zero-order valence-corrected chi connectivity index (χ0v) is 22.7. The molecule has 3 rings (SSSR count). The van der Waals surface area contributed by atoms with Gasteiger partial charge in [0.2, 0.25) is 11.8 Å². The van der Waals surface area contributed by atoms with Crippen LogP contribution in [0.1, 0.15) is 25.7 Å². The SMILES string of the molecule is CN(C(=O)CCCOc1ccc(SP(C)(=O)C2(C(N)=O)CCOCC2)cc1)c1ccc(OC(F)(F)F)cc1. The van der Waals surface area contributed by atoms with Gasteiger partial charge in [0.15, 0.2) is 6.34 Å². The van der Waals surface area contributed by atoms with E-state index < -0.39 is 23.8 Å². The maximum Gasteiger partial charge on any atom is 0.573 e. The van der Waals surface area contributed by atoms with Gasteiger partial charge in [-0.15, -0.1) is 13.2 Å². The number of nitrogens with two attached hydrogens (primary N) is 1. The van der Waals surface area contributed by atoms with Crippen molar-refractivity contribution in [2.45, 2.75) is 42.1 Å². The average molecular weight is 575 g/mol. The third-order valence-corrected chi connectivity index (χ3v) is 12.1. The molecule has 8 nitrogen and oxygen atoms in total. The predicted molar refractivity (Wildman–Crippen MR) is 139 cm³/mol. The van der Waals surface area contributed by atoms with Crippen molar-refractivity contribution in [3.05, 3.63) is 48.5 Å². The normalized spacial score (nSPS) is 16.8. The Morgan fingerprint density at radius 2 is 1.66 bits per heavy atom. The van der Waals surface area contributed by atoms with Crippen LogP contribution in [0.5, 0.6) is 11.5 Å². The Morgan fingerprint density at radius 3 is 2.21 bits per heavy atom. The molecule has 1 aliphatic heterocycles. The summed E-state index contributed by atoms with van der Waals surface area (Å²) in [6, 6.07) is 12.0. The Labute approximate surface area is 223 Å². The number of primary amides is 1. The lowest BCUT2D eigenvalue weighted by Gasteiger charge is -2.38. The lowest BCUT2D eigenvalue weighted by atomic mass is 9.98. The van der Waals surface area contributed by atoms with E-state index >= 15 is 0 Å². The van der Waals surface area contributed by atoms with Crippen molar-refractivity contribution in [2.75, 3.05) is 38.4 Å². The van der Waals surface area contributed by atoms with Gasteiger partial charge >= 0.3 is 6.36 Å². The number of rotatable bonds is 11. The molecule has 2 aromatic rings. The number of anilines is 1. The number of hydrogen-bond donors (Lipinski definition) is 1. The van der Waals surface area contributed by atoms with Gasteiger partial charge in [-0.05, 0) is 74.5 Å². The molecule has 1 unspecified atom stereocenters. The number of carbonyl (C=O) groups excluding carboxylic acids is 2. The van der Waals surface area contributed by atoms with Crippen LogP contribution in [0.4, 0.5) is 18.9 Å². The molecule has 13 heteroatoms. The summed E-state index contributed by atoms with van der Waals surface area (Å²) < 4.78 is 65.3. The second-order valence-corrected chi connectivity index (χ2v) is 14.7. The fourth-order valence-corrected chi connectivity index (χ4v) is 9.19. The zero-order valence-electron chi connectivity index (χ0n) is 21.0. The molecule has 2 amide bonds. The molecule has 2 N–H and O–H groups in total. The number of carbonyl (C=O) groups is 2. The molecule has 0 aliphatic carbocycles. The van der Waals surface area contributed by atoms with Crippen LogP contribution in [0.3, 0.4) is 0 Å². The molecule has 0 radical (unpaired) electrons. The lowest BCUT2D eigenvalue weighted by molar-refractivity contribution is -0.274. The molecule has 1 atom stereocenters. The van der Waals surface area contributed by atoms with Crippen molar-refractivity contribution in [3.63, 3.8) is 0 Å². The van der Waals surface area contributed by atoms with Crippen LogP contribution in [0.25, 0.3) is 0 Å². The van der Waals surface area contributed by atoms with E-state index in [0.29, 0.717) is 43.9 Å². The molecule has 1 heterocycles. The second kappa shape index (κ2) is 12.4. The number of ether oxygens (including phenoxy) is 3. The van der Waals surface area contributed by atoms with E-state index in [0.717, 1.165) is 28.4 Å². The number of alkyl halides is 3. The van der Waals surface area contributed by atoms with E-state index in [4.69, 9.17) is 15.2 Å². The quantitative estimate of drug-likeness (QED) is 0.281. The third kappa shape index (κ3) is 7.68. The number of amides is 2. The van der Waals surface area contributed by atoms with Crippen molar-refractivity contribution in [2.24, 2.45) is 5.73 Å². The van der Waals surface area contributed by atoms with E-state index in [1.165, 1.54) is 24.1 Å². The van der Waals surface area contributed by atoms with Gasteiger partial charge in [0.1, 0.15) is 16.7 Å². The summed E-state index contributed by atoms with van der Waals surface area (Å²) in [4.78, 5) is 26.7. The van der Waals surface area contributed by atoms with Crippen LogP contribution < -0.4 is 20.1 Å². The third-order valence-electron chi connectivity index (χ3n) is 6.29. The van der Waals surface area contributed by atoms with E-state index in [1.807, 2.05) is 0 Å². The maximum absolute atomic E-state index is 13.6. The van der Waals surface area contributed by atoms with Gasteiger partial charge in [-0.3, -0.25) is 9.59 Å². The van der Waals surface area contributed by atoms with Crippen LogP contribution in [0.2, 0.25) is 0 Å². The minimum atomic E-state index is -4.78. The van der Waals surface area contributed by atoms with Crippen molar-refractivity contribution < 1.29 is 41.5 Å². The molecule has 1 aliphatic rings. The first kappa shape index (κ1) is 29.9.